The van der Waals surface area contributed by atoms with E-state index in [1.165, 1.54) is 23.7 Å². The van der Waals surface area contributed by atoms with Gasteiger partial charge >= 0.3 is 5.97 Å². The molecule has 0 saturated heterocycles. The van der Waals surface area contributed by atoms with E-state index in [0.717, 1.165) is 5.75 Å². The predicted molar refractivity (Wildman–Crippen MR) is 75.2 cm³/mol. The van der Waals surface area contributed by atoms with E-state index in [0.29, 0.717) is 11.4 Å². The minimum Gasteiger partial charge on any atom is -0.478 e. The molecule has 1 heterocycles. The fourth-order valence-corrected chi connectivity index (χ4v) is 2.75. The number of carbonyl (C=O) groups is 1. The molecule has 0 aliphatic rings. The molecule has 0 radical (unpaired) electrons. The maximum atomic E-state index is 11.0. The number of carboxylic acid groups (broad SMARTS) is 1. The Hall–Kier alpha value is -1.88. The third-order valence-corrected chi connectivity index (χ3v) is 3.78. The molecule has 98 valence electrons. The second kappa shape index (κ2) is 6.33. The predicted octanol–water partition coefficient (Wildman–Crippen LogP) is 2.92. The lowest BCUT2D eigenvalue weighted by molar-refractivity contribution is 0.0695. The molecule has 1 aromatic carbocycles. The lowest BCUT2D eigenvalue weighted by Gasteiger charge is -2.06. The van der Waals surface area contributed by atoms with Crippen molar-refractivity contribution in [1.29, 1.82) is 0 Å². The highest BCUT2D eigenvalue weighted by Gasteiger charge is 2.11. The van der Waals surface area contributed by atoms with Gasteiger partial charge in [0.2, 0.25) is 0 Å². The average molecular weight is 274 g/mol. The molecule has 0 spiro atoms. The Kier molecular flexibility index (Phi) is 4.52. The minimum absolute atomic E-state index is 0.180. The number of carboxylic acids is 1. The molecule has 0 aliphatic heterocycles. The smallest absolute Gasteiger partial charge is 0.339 e. The lowest BCUT2D eigenvalue weighted by Crippen LogP contribution is -2.04. The summed E-state index contributed by atoms with van der Waals surface area (Å²) in [5, 5.41) is 9.04. The van der Waals surface area contributed by atoms with Crippen molar-refractivity contribution in [1.82, 2.24) is 9.97 Å². The van der Waals surface area contributed by atoms with Gasteiger partial charge in [0.05, 0.1) is 5.69 Å². The van der Waals surface area contributed by atoms with E-state index < -0.39 is 5.97 Å². The van der Waals surface area contributed by atoms with Crippen LogP contribution in [-0.4, -0.2) is 21.0 Å². The van der Waals surface area contributed by atoms with E-state index in [2.05, 4.69) is 29.0 Å². The zero-order valence-electron chi connectivity index (χ0n) is 10.5. The number of hydrogen-bond acceptors (Lipinski definition) is 4. The van der Waals surface area contributed by atoms with Crippen LogP contribution in [0.15, 0.2) is 36.8 Å². The number of aryl methyl sites for hydroxylation is 1. The van der Waals surface area contributed by atoms with Crippen LogP contribution >= 0.6 is 11.8 Å². The summed E-state index contributed by atoms with van der Waals surface area (Å²) in [7, 11) is 0. The Morgan fingerprint density at radius 1 is 1.32 bits per heavy atom. The molecular weight excluding hydrogens is 260 g/mol. The number of aromatic carboxylic acids is 1. The Morgan fingerprint density at radius 2 is 2.11 bits per heavy atom. The highest BCUT2D eigenvalue weighted by Crippen LogP contribution is 2.20. The van der Waals surface area contributed by atoms with Crippen LogP contribution in [0.4, 0.5) is 0 Å². The molecule has 0 fully saturated rings. The van der Waals surface area contributed by atoms with E-state index in [4.69, 9.17) is 5.11 Å². The van der Waals surface area contributed by atoms with Gasteiger partial charge in [-0.2, -0.15) is 11.8 Å². The van der Waals surface area contributed by atoms with Crippen LogP contribution in [0.3, 0.4) is 0 Å². The average Bonchev–Trinajstić information content (AvgIpc) is 2.41. The van der Waals surface area contributed by atoms with Gasteiger partial charge < -0.3 is 5.11 Å². The Labute approximate surface area is 115 Å². The van der Waals surface area contributed by atoms with Crippen molar-refractivity contribution in [3.8, 4) is 0 Å². The molecule has 1 aromatic heterocycles. The molecule has 5 heteroatoms. The molecule has 0 amide bonds. The van der Waals surface area contributed by atoms with Gasteiger partial charge in [-0.25, -0.2) is 14.8 Å². The molecule has 0 aliphatic carbocycles. The molecule has 4 nitrogen and oxygen atoms in total. The first-order chi connectivity index (χ1) is 9.18. The summed E-state index contributed by atoms with van der Waals surface area (Å²) in [6.07, 6.45) is 2.73. The summed E-state index contributed by atoms with van der Waals surface area (Å²) >= 11 is 1.65. The van der Waals surface area contributed by atoms with Crippen molar-refractivity contribution < 1.29 is 9.90 Å². The number of aromatic nitrogens is 2. The summed E-state index contributed by atoms with van der Waals surface area (Å²) in [6, 6.07) is 8.18. The van der Waals surface area contributed by atoms with E-state index in [1.54, 1.807) is 11.8 Å². The molecule has 2 rings (SSSR count). The number of hydrogen-bond donors (Lipinski definition) is 1. The molecule has 0 atom stereocenters. The summed E-state index contributed by atoms with van der Waals surface area (Å²) < 4.78 is 0. The first-order valence-corrected chi connectivity index (χ1v) is 6.98. The normalized spacial score (nSPS) is 10.4. The number of nitrogens with zero attached hydrogens (tertiary/aromatic N) is 2. The third-order valence-electron chi connectivity index (χ3n) is 2.78. The SMILES string of the molecule is Cc1ccccc1CSCc1ncncc1C(=O)O. The van der Waals surface area contributed by atoms with Gasteiger partial charge in [0.25, 0.3) is 0 Å². The molecule has 19 heavy (non-hydrogen) atoms. The highest BCUT2D eigenvalue weighted by atomic mass is 32.2. The lowest BCUT2D eigenvalue weighted by atomic mass is 10.1. The largest absolute Gasteiger partial charge is 0.478 e. The van der Waals surface area contributed by atoms with Gasteiger partial charge in [0.1, 0.15) is 11.9 Å². The number of benzene rings is 1. The van der Waals surface area contributed by atoms with Crippen LogP contribution in [-0.2, 0) is 11.5 Å². The van der Waals surface area contributed by atoms with E-state index >= 15 is 0 Å². The Morgan fingerprint density at radius 3 is 2.84 bits per heavy atom. The zero-order chi connectivity index (χ0) is 13.7. The van der Waals surface area contributed by atoms with Crippen molar-refractivity contribution in [3.63, 3.8) is 0 Å². The standard InChI is InChI=1S/C14H14N2O2S/c1-10-4-2-3-5-11(10)7-19-8-13-12(14(17)18)6-15-9-16-13/h2-6,9H,7-8H2,1H3,(H,17,18). The van der Waals surface area contributed by atoms with Crippen molar-refractivity contribution in [3.05, 3.63) is 59.2 Å². The fraction of sp³-hybridized carbons (Fsp3) is 0.214. The van der Waals surface area contributed by atoms with Crippen LogP contribution in [0.25, 0.3) is 0 Å². The van der Waals surface area contributed by atoms with Crippen LogP contribution in [0.5, 0.6) is 0 Å². The summed E-state index contributed by atoms with van der Waals surface area (Å²) in [4.78, 5) is 18.8. The van der Waals surface area contributed by atoms with E-state index in [-0.39, 0.29) is 5.56 Å². The third kappa shape index (κ3) is 3.54. The van der Waals surface area contributed by atoms with Crippen molar-refractivity contribution >= 4 is 17.7 Å². The minimum atomic E-state index is -0.980. The van der Waals surface area contributed by atoms with Crippen molar-refractivity contribution in [2.75, 3.05) is 0 Å². The molecular formula is C14H14N2O2S. The second-order valence-corrected chi connectivity index (χ2v) is 5.09. The van der Waals surface area contributed by atoms with Crippen molar-refractivity contribution in [2.24, 2.45) is 0 Å². The van der Waals surface area contributed by atoms with Gasteiger partial charge in [-0.15, -0.1) is 0 Å². The van der Waals surface area contributed by atoms with E-state index in [9.17, 15) is 4.79 Å². The fourth-order valence-electron chi connectivity index (χ4n) is 1.68. The van der Waals surface area contributed by atoms with Gasteiger partial charge in [0, 0.05) is 17.7 Å². The second-order valence-electron chi connectivity index (χ2n) is 4.11. The first kappa shape index (κ1) is 13.5. The van der Waals surface area contributed by atoms with Gasteiger partial charge in [-0.3, -0.25) is 0 Å². The van der Waals surface area contributed by atoms with Gasteiger partial charge in [-0.05, 0) is 18.1 Å². The quantitative estimate of drug-likeness (QED) is 0.908. The molecule has 0 unspecified atom stereocenters. The van der Waals surface area contributed by atoms with Crippen molar-refractivity contribution in [2.45, 2.75) is 18.4 Å². The first-order valence-electron chi connectivity index (χ1n) is 5.83. The molecule has 0 bridgehead atoms. The van der Waals surface area contributed by atoms with Crippen LogP contribution < -0.4 is 0 Å². The zero-order valence-corrected chi connectivity index (χ0v) is 11.4. The maximum Gasteiger partial charge on any atom is 0.339 e. The molecule has 1 N–H and O–H groups in total. The maximum absolute atomic E-state index is 11.0. The Bertz CT molecular complexity index is 587. The number of rotatable bonds is 5. The summed E-state index contributed by atoms with van der Waals surface area (Å²) in [5.74, 6) is 0.431. The molecule has 2 aromatic rings. The number of thioether (sulfide) groups is 1. The summed E-state index contributed by atoms with van der Waals surface area (Å²) in [5.41, 5.74) is 3.26. The van der Waals surface area contributed by atoms with Gasteiger partial charge in [0.15, 0.2) is 0 Å². The van der Waals surface area contributed by atoms with Crippen LogP contribution in [0, 0.1) is 6.92 Å². The monoisotopic (exact) mass is 274 g/mol. The Balaban J connectivity index is 2.00. The van der Waals surface area contributed by atoms with Crippen LogP contribution in [0.2, 0.25) is 0 Å². The highest BCUT2D eigenvalue weighted by molar-refractivity contribution is 7.97. The van der Waals surface area contributed by atoms with Gasteiger partial charge in [-0.1, -0.05) is 24.3 Å². The van der Waals surface area contributed by atoms with Crippen LogP contribution in [0.1, 0.15) is 27.2 Å². The molecule has 0 saturated carbocycles. The van der Waals surface area contributed by atoms with E-state index in [1.807, 2.05) is 12.1 Å². The summed E-state index contributed by atoms with van der Waals surface area (Å²) in [6.45, 7) is 2.07. The topological polar surface area (TPSA) is 63.1 Å².